The maximum absolute atomic E-state index is 14.4. The number of amides is 2. The Morgan fingerprint density at radius 2 is 1.72 bits per heavy atom. The van der Waals surface area contributed by atoms with E-state index in [2.05, 4.69) is 10.3 Å². The number of carbonyl (C=O) groups is 2. The van der Waals surface area contributed by atoms with Crippen molar-refractivity contribution in [2.45, 2.75) is 6.92 Å². The number of anilines is 1. The van der Waals surface area contributed by atoms with Gasteiger partial charge in [0, 0.05) is 30.4 Å². The van der Waals surface area contributed by atoms with Crippen LogP contribution in [0.25, 0.3) is 16.9 Å². The molecule has 0 saturated heterocycles. The summed E-state index contributed by atoms with van der Waals surface area (Å²) < 4.78 is 21.3. The van der Waals surface area contributed by atoms with Gasteiger partial charge in [-0.2, -0.15) is 0 Å². The molecule has 8 nitrogen and oxygen atoms in total. The fraction of sp³-hybridized carbons (Fsp3) is 0.233. The zero-order valence-corrected chi connectivity index (χ0v) is 22.5. The van der Waals surface area contributed by atoms with Crippen molar-refractivity contribution in [3.8, 4) is 22.7 Å². The number of benzene rings is 3. The molecule has 202 valence electrons. The number of ether oxygens (including phenoxy) is 1. The number of nitrogens with zero attached hydrogens (tertiary/aromatic N) is 4. The van der Waals surface area contributed by atoms with Crippen LogP contribution in [0.1, 0.15) is 15.9 Å². The van der Waals surface area contributed by atoms with Crippen LogP contribution in [-0.4, -0.2) is 72.0 Å². The van der Waals surface area contributed by atoms with E-state index in [1.807, 2.05) is 49.3 Å². The summed E-state index contributed by atoms with van der Waals surface area (Å²) in [6.45, 7) is 2.42. The van der Waals surface area contributed by atoms with Crippen molar-refractivity contribution in [2.75, 3.05) is 46.2 Å². The molecule has 0 aliphatic rings. The average molecular weight is 530 g/mol. The number of imidazole rings is 1. The van der Waals surface area contributed by atoms with Gasteiger partial charge >= 0.3 is 0 Å². The number of aryl methyl sites for hydroxylation is 1. The number of likely N-dealkylation sites (N-methyl/N-ethyl adjacent to an activating group) is 1. The summed E-state index contributed by atoms with van der Waals surface area (Å²) in [4.78, 5) is 34.7. The molecule has 0 spiro atoms. The highest BCUT2D eigenvalue weighted by atomic mass is 19.1. The minimum atomic E-state index is -0.422. The number of methoxy groups -OCH3 is 1. The molecule has 0 unspecified atom stereocenters. The Morgan fingerprint density at radius 1 is 1.00 bits per heavy atom. The molecular weight excluding hydrogens is 497 g/mol. The van der Waals surface area contributed by atoms with Crippen LogP contribution in [0.4, 0.5) is 10.3 Å². The molecule has 4 aromatic rings. The maximum Gasteiger partial charge on any atom is 0.254 e. The van der Waals surface area contributed by atoms with Gasteiger partial charge in [0.25, 0.3) is 5.91 Å². The van der Waals surface area contributed by atoms with Gasteiger partial charge < -0.3 is 14.5 Å². The van der Waals surface area contributed by atoms with E-state index in [1.54, 1.807) is 61.2 Å². The standard InChI is InChI=1S/C30H32FN5O3/c1-21-10-13-24(18-26(21)31)36-19-27(22-8-6-5-7-9-22)32-30(36)33-28(37)20-35(17-16-34(2)3)29(38)23-11-14-25(39-4)15-12-23/h5-15,18-19H,16-17,20H2,1-4H3,(H,32,33,37). The normalized spacial score (nSPS) is 10.9. The number of nitrogens with one attached hydrogen (secondary N) is 1. The second-order valence-electron chi connectivity index (χ2n) is 9.43. The molecule has 3 aromatic carbocycles. The summed E-state index contributed by atoms with van der Waals surface area (Å²) in [5, 5.41) is 2.84. The first-order valence-electron chi connectivity index (χ1n) is 12.5. The van der Waals surface area contributed by atoms with Gasteiger partial charge in [-0.05, 0) is 63.0 Å². The van der Waals surface area contributed by atoms with Crippen LogP contribution in [0.3, 0.4) is 0 Å². The molecule has 39 heavy (non-hydrogen) atoms. The minimum absolute atomic E-state index is 0.186. The number of carbonyl (C=O) groups excluding carboxylic acids is 2. The van der Waals surface area contributed by atoms with E-state index in [1.165, 1.54) is 11.0 Å². The lowest BCUT2D eigenvalue weighted by atomic mass is 10.2. The fourth-order valence-corrected chi connectivity index (χ4v) is 3.97. The van der Waals surface area contributed by atoms with Crippen LogP contribution in [0.15, 0.2) is 79.0 Å². The van der Waals surface area contributed by atoms with Gasteiger partial charge in [0.2, 0.25) is 11.9 Å². The smallest absolute Gasteiger partial charge is 0.254 e. The molecule has 1 N–H and O–H groups in total. The summed E-state index contributed by atoms with van der Waals surface area (Å²) in [6, 6.07) is 21.1. The molecule has 0 bridgehead atoms. The van der Waals surface area contributed by atoms with Crippen molar-refractivity contribution in [3.05, 3.63) is 95.9 Å². The summed E-state index contributed by atoms with van der Waals surface area (Å²) in [7, 11) is 5.36. The Morgan fingerprint density at radius 3 is 2.36 bits per heavy atom. The van der Waals surface area contributed by atoms with Crippen LogP contribution in [0.5, 0.6) is 5.75 Å². The largest absolute Gasteiger partial charge is 0.497 e. The van der Waals surface area contributed by atoms with Crippen molar-refractivity contribution >= 4 is 17.8 Å². The Bertz CT molecular complexity index is 1430. The predicted octanol–water partition coefficient (Wildman–Crippen LogP) is 4.64. The van der Waals surface area contributed by atoms with Gasteiger partial charge in [-0.3, -0.25) is 19.5 Å². The number of rotatable bonds is 10. The third-order valence-electron chi connectivity index (χ3n) is 6.24. The Labute approximate surface area is 227 Å². The summed E-state index contributed by atoms with van der Waals surface area (Å²) >= 11 is 0. The maximum atomic E-state index is 14.4. The highest BCUT2D eigenvalue weighted by Crippen LogP contribution is 2.25. The molecule has 0 aliphatic heterocycles. The lowest BCUT2D eigenvalue weighted by Gasteiger charge is -2.24. The topological polar surface area (TPSA) is 79.7 Å². The number of aromatic nitrogens is 2. The van der Waals surface area contributed by atoms with E-state index < -0.39 is 5.91 Å². The molecule has 4 rings (SSSR count). The first-order valence-corrected chi connectivity index (χ1v) is 12.5. The van der Waals surface area contributed by atoms with E-state index in [0.29, 0.717) is 41.3 Å². The zero-order valence-electron chi connectivity index (χ0n) is 22.5. The van der Waals surface area contributed by atoms with Crippen molar-refractivity contribution in [1.82, 2.24) is 19.4 Å². The second-order valence-corrected chi connectivity index (χ2v) is 9.43. The average Bonchev–Trinajstić information content (AvgIpc) is 3.36. The highest BCUT2D eigenvalue weighted by molar-refractivity contribution is 5.99. The number of hydrogen-bond donors (Lipinski definition) is 1. The summed E-state index contributed by atoms with van der Waals surface area (Å²) in [6.07, 6.45) is 1.75. The van der Waals surface area contributed by atoms with E-state index in [9.17, 15) is 14.0 Å². The van der Waals surface area contributed by atoms with Gasteiger partial charge in [-0.15, -0.1) is 0 Å². The lowest BCUT2D eigenvalue weighted by molar-refractivity contribution is -0.117. The van der Waals surface area contributed by atoms with Crippen LogP contribution in [0, 0.1) is 12.7 Å². The van der Waals surface area contributed by atoms with Crippen LogP contribution in [0.2, 0.25) is 0 Å². The van der Waals surface area contributed by atoms with Crippen LogP contribution >= 0.6 is 0 Å². The Hall–Kier alpha value is -4.50. The third kappa shape index (κ3) is 6.88. The van der Waals surface area contributed by atoms with Gasteiger partial charge in [-0.25, -0.2) is 9.37 Å². The number of halogens is 1. The van der Waals surface area contributed by atoms with E-state index in [0.717, 1.165) is 5.56 Å². The molecule has 1 aromatic heterocycles. The molecule has 0 fully saturated rings. The SMILES string of the molecule is COc1ccc(C(=O)N(CCN(C)C)CC(=O)Nc2nc(-c3ccccc3)cn2-c2ccc(C)c(F)c2)cc1. The monoisotopic (exact) mass is 529 g/mol. The number of hydrogen-bond acceptors (Lipinski definition) is 5. The fourth-order valence-electron chi connectivity index (χ4n) is 3.97. The first-order chi connectivity index (χ1) is 18.7. The third-order valence-corrected chi connectivity index (χ3v) is 6.24. The van der Waals surface area contributed by atoms with Gasteiger partial charge in [0.1, 0.15) is 18.1 Å². The Kier molecular flexibility index (Phi) is 8.73. The molecule has 0 atom stereocenters. The van der Waals surface area contributed by atoms with Gasteiger partial charge in [0.15, 0.2) is 0 Å². The van der Waals surface area contributed by atoms with Crippen LogP contribution < -0.4 is 10.1 Å². The second kappa shape index (κ2) is 12.4. The lowest BCUT2D eigenvalue weighted by Crippen LogP contribution is -2.41. The van der Waals surface area contributed by atoms with Crippen LogP contribution in [-0.2, 0) is 4.79 Å². The van der Waals surface area contributed by atoms with E-state index in [4.69, 9.17) is 4.74 Å². The molecule has 0 aliphatic carbocycles. The van der Waals surface area contributed by atoms with Gasteiger partial charge in [-0.1, -0.05) is 36.4 Å². The molecule has 0 radical (unpaired) electrons. The summed E-state index contributed by atoms with van der Waals surface area (Å²) in [5.41, 5.74) is 2.95. The first kappa shape index (κ1) is 27.5. The molecular formula is C30H32FN5O3. The van der Waals surface area contributed by atoms with E-state index >= 15 is 0 Å². The molecule has 0 saturated carbocycles. The highest BCUT2D eigenvalue weighted by Gasteiger charge is 2.21. The minimum Gasteiger partial charge on any atom is -0.497 e. The zero-order chi connectivity index (χ0) is 27.9. The molecule has 9 heteroatoms. The van der Waals surface area contributed by atoms with Crippen molar-refractivity contribution in [3.63, 3.8) is 0 Å². The van der Waals surface area contributed by atoms with E-state index in [-0.39, 0.29) is 24.2 Å². The van der Waals surface area contributed by atoms with Gasteiger partial charge in [0.05, 0.1) is 18.5 Å². The Balaban J connectivity index is 1.61. The molecule has 1 heterocycles. The molecule has 2 amide bonds. The van der Waals surface area contributed by atoms with Crippen molar-refractivity contribution in [2.24, 2.45) is 0 Å². The quantitative estimate of drug-likeness (QED) is 0.324. The van der Waals surface area contributed by atoms with Crippen molar-refractivity contribution < 1.29 is 18.7 Å². The predicted molar refractivity (Wildman–Crippen MR) is 150 cm³/mol. The van der Waals surface area contributed by atoms with Crippen molar-refractivity contribution in [1.29, 1.82) is 0 Å². The summed E-state index contributed by atoms with van der Waals surface area (Å²) in [5.74, 6) is -0.192.